The number of piperazine rings is 1. The van der Waals surface area contributed by atoms with E-state index < -0.39 is 11.9 Å². The van der Waals surface area contributed by atoms with Gasteiger partial charge in [-0.3, -0.25) is 14.9 Å². The predicted molar refractivity (Wildman–Crippen MR) is 69.4 cm³/mol. The van der Waals surface area contributed by atoms with Crippen molar-refractivity contribution in [1.82, 2.24) is 15.1 Å². The Kier molecular flexibility index (Phi) is 4.39. The number of carbonyl (C=O) groups is 3. The van der Waals surface area contributed by atoms with Crippen molar-refractivity contribution in [2.24, 2.45) is 0 Å². The molecular weight excluding hydrogens is 246 g/mol. The van der Waals surface area contributed by atoms with Gasteiger partial charge in [0, 0.05) is 13.1 Å². The van der Waals surface area contributed by atoms with Gasteiger partial charge in [-0.1, -0.05) is 19.8 Å². The Hall–Kier alpha value is -1.59. The number of imide groups is 1. The first-order valence-corrected chi connectivity index (χ1v) is 7.02. The van der Waals surface area contributed by atoms with Gasteiger partial charge in [0.25, 0.3) is 0 Å². The summed E-state index contributed by atoms with van der Waals surface area (Å²) < 4.78 is 0. The number of nitrogens with one attached hydrogen (secondary N) is 1. The van der Waals surface area contributed by atoms with E-state index in [0.29, 0.717) is 6.42 Å². The maximum Gasteiger partial charge on any atom is 0.321 e. The fraction of sp³-hybridized carbons (Fsp3) is 0.769. The molecule has 6 nitrogen and oxygen atoms in total. The largest absolute Gasteiger partial charge is 0.325 e. The van der Waals surface area contributed by atoms with Gasteiger partial charge >= 0.3 is 6.03 Å². The van der Waals surface area contributed by atoms with Gasteiger partial charge in [0.05, 0.1) is 0 Å². The summed E-state index contributed by atoms with van der Waals surface area (Å²) >= 11 is 0. The minimum atomic E-state index is -0.520. The Bertz CT molecular complexity index is 375. The molecule has 0 aromatic rings. The first-order valence-electron chi connectivity index (χ1n) is 7.02. The molecule has 0 aromatic heterocycles. The second kappa shape index (κ2) is 6.04. The maximum absolute atomic E-state index is 12.5. The van der Waals surface area contributed by atoms with Crippen LogP contribution in [-0.4, -0.2) is 53.3 Å². The molecule has 0 aliphatic carbocycles. The van der Waals surface area contributed by atoms with Crippen LogP contribution in [0.2, 0.25) is 0 Å². The molecule has 0 radical (unpaired) electrons. The van der Waals surface area contributed by atoms with Crippen molar-refractivity contribution >= 4 is 17.8 Å². The van der Waals surface area contributed by atoms with Crippen LogP contribution < -0.4 is 5.32 Å². The topological polar surface area (TPSA) is 69.7 Å². The molecule has 2 aliphatic heterocycles. The fourth-order valence-electron chi connectivity index (χ4n) is 2.72. The third-order valence-corrected chi connectivity index (χ3v) is 3.76. The summed E-state index contributed by atoms with van der Waals surface area (Å²) in [6, 6.07) is -0.689. The number of amides is 4. The van der Waals surface area contributed by atoms with E-state index in [1.807, 2.05) is 6.92 Å². The molecule has 0 spiro atoms. The second-order valence-electron chi connectivity index (χ2n) is 5.15. The van der Waals surface area contributed by atoms with Crippen molar-refractivity contribution in [3.05, 3.63) is 0 Å². The van der Waals surface area contributed by atoms with Crippen molar-refractivity contribution in [1.29, 1.82) is 0 Å². The van der Waals surface area contributed by atoms with E-state index in [9.17, 15) is 14.4 Å². The fourth-order valence-corrected chi connectivity index (χ4v) is 2.72. The molecular formula is C13H21N3O3. The first kappa shape index (κ1) is 13.8. The van der Waals surface area contributed by atoms with Gasteiger partial charge in [-0.05, 0) is 19.3 Å². The zero-order chi connectivity index (χ0) is 13.8. The third-order valence-electron chi connectivity index (χ3n) is 3.76. The number of urea groups is 1. The third kappa shape index (κ3) is 3.05. The van der Waals surface area contributed by atoms with Crippen LogP contribution in [0.25, 0.3) is 0 Å². The van der Waals surface area contributed by atoms with Gasteiger partial charge in [-0.2, -0.15) is 0 Å². The van der Waals surface area contributed by atoms with Gasteiger partial charge in [-0.15, -0.1) is 0 Å². The minimum Gasteiger partial charge on any atom is -0.325 e. The lowest BCUT2D eigenvalue weighted by molar-refractivity contribution is -0.138. The summed E-state index contributed by atoms with van der Waals surface area (Å²) in [6.07, 6.45) is 4.80. The highest BCUT2D eigenvalue weighted by Crippen LogP contribution is 2.16. The van der Waals surface area contributed by atoms with E-state index in [4.69, 9.17) is 0 Å². The molecule has 1 unspecified atom stereocenters. The van der Waals surface area contributed by atoms with E-state index in [1.165, 1.54) is 4.90 Å². The Morgan fingerprint density at radius 3 is 2.42 bits per heavy atom. The molecule has 2 heterocycles. The quantitative estimate of drug-likeness (QED) is 0.712. The summed E-state index contributed by atoms with van der Waals surface area (Å²) in [4.78, 5) is 38.9. The van der Waals surface area contributed by atoms with Crippen molar-refractivity contribution < 1.29 is 14.4 Å². The lowest BCUT2D eigenvalue weighted by Crippen LogP contribution is -2.62. The molecule has 2 saturated heterocycles. The lowest BCUT2D eigenvalue weighted by atomic mass is 10.1. The van der Waals surface area contributed by atoms with Crippen LogP contribution >= 0.6 is 0 Å². The van der Waals surface area contributed by atoms with Gasteiger partial charge in [0.2, 0.25) is 11.8 Å². The average molecular weight is 267 g/mol. The number of rotatable bonds is 1. The SMILES string of the molecule is CCC1C(=O)NC(=O)CN1C(=O)N1CCCCCC1. The standard InChI is InChI=1S/C13H21N3O3/c1-2-10-12(18)14-11(17)9-16(10)13(19)15-7-5-3-4-6-8-15/h10H,2-9H2,1H3,(H,14,17,18). The van der Waals surface area contributed by atoms with Crippen LogP contribution in [0.3, 0.4) is 0 Å². The normalized spacial score (nSPS) is 25.0. The number of carbonyl (C=O) groups excluding carboxylic acids is 3. The molecule has 0 bridgehead atoms. The molecule has 0 saturated carbocycles. The van der Waals surface area contributed by atoms with Gasteiger partial charge in [0.15, 0.2) is 0 Å². The Morgan fingerprint density at radius 1 is 1.21 bits per heavy atom. The van der Waals surface area contributed by atoms with E-state index in [1.54, 1.807) is 4.90 Å². The highest BCUT2D eigenvalue weighted by molar-refractivity contribution is 6.04. The summed E-state index contributed by atoms with van der Waals surface area (Å²) in [5.41, 5.74) is 0. The molecule has 2 aliphatic rings. The molecule has 4 amide bonds. The predicted octanol–water partition coefficient (Wildman–Crippen LogP) is 0.719. The summed E-state index contributed by atoms with van der Waals surface area (Å²) in [5.74, 6) is -0.750. The number of nitrogens with zero attached hydrogens (tertiary/aromatic N) is 2. The molecule has 2 rings (SSSR count). The van der Waals surface area contributed by atoms with Crippen molar-refractivity contribution in [3.8, 4) is 0 Å². The lowest BCUT2D eigenvalue weighted by Gasteiger charge is -2.36. The summed E-state index contributed by atoms with van der Waals surface area (Å²) in [6.45, 7) is 3.28. The Morgan fingerprint density at radius 2 is 1.84 bits per heavy atom. The Labute approximate surface area is 113 Å². The monoisotopic (exact) mass is 267 g/mol. The highest BCUT2D eigenvalue weighted by Gasteiger charge is 2.37. The van der Waals surface area contributed by atoms with E-state index in [0.717, 1.165) is 38.8 Å². The van der Waals surface area contributed by atoms with Gasteiger partial charge < -0.3 is 9.80 Å². The van der Waals surface area contributed by atoms with E-state index in [2.05, 4.69) is 5.32 Å². The van der Waals surface area contributed by atoms with E-state index in [-0.39, 0.29) is 18.5 Å². The smallest absolute Gasteiger partial charge is 0.321 e. The number of likely N-dealkylation sites (tertiary alicyclic amines) is 1. The average Bonchev–Trinajstić information content (AvgIpc) is 2.66. The zero-order valence-electron chi connectivity index (χ0n) is 11.4. The number of hydrogen-bond donors (Lipinski definition) is 1. The highest BCUT2D eigenvalue weighted by atomic mass is 16.2. The van der Waals surface area contributed by atoms with Crippen LogP contribution in [0.1, 0.15) is 39.0 Å². The number of hydrogen-bond acceptors (Lipinski definition) is 3. The molecule has 106 valence electrons. The second-order valence-corrected chi connectivity index (χ2v) is 5.15. The summed E-state index contributed by atoms with van der Waals surface area (Å²) in [5, 5.41) is 2.29. The minimum absolute atomic E-state index is 0.0143. The molecule has 2 fully saturated rings. The molecule has 1 N–H and O–H groups in total. The molecule has 19 heavy (non-hydrogen) atoms. The Balaban J connectivity index is 2.10. The van der Waals surface area contributed by atoms with Crippen LogP contribution in [0.15, 0.2) is 0 Å². The maximum atomic E-state index is 12.5. The van der Waals surface area contributed by atoms with Gasteiger partial charge in [0.1, 0.15) is 12.6 Å². The van der Waals surface area contributed by atoms with Crippen molar-refractivity contribution in [2.45, 2.75) is 45.1 Å². The molecule has 1 atom stereocenters. The van der Waals surface area contributed by atoms with Crippen molar-refractivity contribution in [3.63, 3.8) is 0 Å². The van der Waals surface area contributed by atoms with Crippen LogP contribution in [0.4, 0.5) is 4.79 Å². The molecule has 6 heteroatoms. The van der Waals surface area contributed by atoms with Gasteiger partial charge in [-0.25, -0.2) is 4.79 Å². The van der Waals surface area contributed by atoms with Crippen LogP contribution in [-0.2, 0) is 9.59 Å². The van der Waals surface area contributed by atoms with Crippen LogP contribution in [0.5, 0.6) is 0 Å². The molecule has 0 aromatic carbocycles. The van der Waals surface area contributed by atoms with Crippen LogP contribution in [0, 0.1) is 0 Å². The van der Waals surface area contributed by atoms with E-state index >= 15 is 0 Å². The zero-order valence-corrected chi connectivity index (χ0v) is 11.4. The van der Waals surface area contributed by atoms with Crippen molar-refractivity contribution in [2.75, 3.05) is 19.6 Å². The first-order chi connectivity index (χ1) is 9.13. The summed E-state index contributed by atoms with van der Waals surface area (Å²) in [7, 11) is 0.